The summed E-state index contributed by atoms with van der Waals surface area (Å²) >= 11 is 0. The molecule has 0 saturated heterocycles. The molecule has 5 heteroatoms. The molecule has 2 N–H and O–H groups in total. The molecule has 24 heavy (non-hydrogen) atoms. The molecule has 5 nitrogen and oxygen atoms in total. The lowest BCUT2D eigenvalue weighted by Crippen LogP contribution is -2.42. The van der Waals surface area contributed by atoms with E-state index >= 15 is 0 Å². The van der Waals surface area contributed by atoms with Crippen molar-refractivity contribution in [1.82, 2.24) is 5.32 Å². The van der Waals surface area contributed by atoms with Crippen LogP contribution in [-0.2, 0) is 11.3 Å². The van der Waals surface area contributed by atoms with E-state index in [4.69, 9.17) is 14.2 Å². The number of nitrogens with one attached hydrogen (secondary N) is 1. The van der Waals surface area contributed by atoms with Crippen LogP contribution in [0.15, 0.2) is 18.2 Å². The number of rotatable bonds is 9. The predicted molar refractivity (Wildman–Crippen MR) is 94.6 cm³/mol. The molecule has 0 aliphatic heterocycles. The Morgan fingerprint density at radius 1 is 1.17 bits per heavy atom. The van der Waals surface area contributed by atoms with Crippen LogP contribution in [0.2, 0.25) is 0 Å². The lowest BCUT2D eigenvalue weighted by atomic mass is 9.86. The molecule has 1 aliphatic rings. The van der Waals surface area contributed by atoms with Gasteiger partial charge in [0, 0.05) is 12.6 Å². The van der Waals surface area contributed by atoms with Crippen molar-refractivity contribution in [3.05, 3.63) is 23.8 Å². The summed E-state index contributed by atoms with van der Waals surface area (Å²) in [7, 11) is 3.23. The minimum atomic E-state index is -0.487. The Morgan fingerprint density at radius 2 is 1.92 bits per heavy atom. The van der Waals surface area contributed by atoms with E-state index in [0.717, 1.165) is 5.56 Å². The Balaban J connectivity index is 1.69. The van der Waals surface area contributed by atoms with Gasteiger partial charge in [0.1, 0.15) is 0 Å². The smallest absolute Gasteiger partial charge is 0.161 e. The molecular weight excluding hydrogens is 306 g/mol. The van der Waals surface area contributed by atoms with Crippen molar-refractivity contribution in [3.63, 3.8) is 0 Å². The predicted octanol–water partition coefficient (Wildman–Crippen LogP) is 2.75. The van der Waals surface area contributed by atoms with Crippen LogP contribution in [0, 0.1) is 5.92 Å². The van der Waals surface area contributed by atoms with Gasteiger partial charge in [-0.3, -0.25) is 0 Å². The van der Waals surface area contributed by atoms with Crippen LogP contribution in [0.4, 0.5) is 0 Å². The number of methoxy groups -OCH3 is 2. The third-order valence-electron chi connectivity index (χ3n) is 4.75. The van der Waals surface area contributed by atoms with Gasteiger partial charge in [-0.05, 0) is 36.5 Å². The van der Waals surface area contributed by atoms with E-state index in [2.05, 4.69) is 12.2 Å². The zero-order valence-corrected chi connectivity index (χ0v) is 15.1. The van der Waals surface area contributed by atoms with Gasteiger partial charge in [-0.25, -0.2) is 0 Å². The van der Waals surface area contributed by atoms with Crippen LogP contribution in [-0.4, -0.2) is 44.6 Å². The lowest BCUT2D eigenvalue weighted by Gasteiger charge is -2.30. The van der Waals surface area contributed by atoms with Gasteiger partial charge in [-0.15, -0.1) is 0 Å². The van der Waals surface area contributed by atoms with Crippen molar-refractivity contribution in [2.45, 2.75) is 51.4 Å². The largest absolute Gasteiger partial charge is 0.493 e. The molecule has 0 aromatic heterocycles. The number of hydrogen-bond donors (Lipinski definition) is 2. The third-order valence-corrected chi connectivity index (χ3v) is 4.75. The molecule has 1 aliphatic carbocycles. The molecule has 0 spiro atoms. The van der Waals surface area contributed by atoms with Gasteiger partial charge in [0.25, 0.3) is 0 Å². The fourth-order valence-electron chi connectivity index (χ4n) is 3.25. The van der Waals surface area contributed by atoms with Crippen molar-refractivity contribution >= 4 is 0 Å². The minimum Gasteiger partial charge on any atom is -0.493 e. The molecule has 0 heterocycles. The second kappa shape index (κ2) is 9.87. The lowest BCUT2D eigenvalue weighted by molar-refractivity contribution is 0.0259. The Labute approximate surface area is 145 Å². The quantitative estimate of drug-likeness (QED) is 0.725. The van der Waals surface area contributed by atoms with E-state index in [9.17, 15) is 5.11 Å². The maximum Gasteiger partial charge on any atom is 0.161 e. The SMILES string of the molecule is COc1ccc(COC[C@H](O)CN[C@@H]2CCCC[C@H]2C)cc1OC. The maximum absolute atomic E-state index is 10.1. The molecule has 1 saturated carbocycles. The summed E-state index contributed by atoms with van der Waals surface area (Å²) in [6, 6.07) is 6.22. The summed E-state index contributed by atoms with van der Waals surface area (Å²) in [6.45, 7) is 3.64. The molecule has 1 fully saturated rings. The number of benzene rings is 1. The number of ether oxygens (including phenoxy) is 3. The highest BCUT2D eigenvalue weighted by molar-refractivity contribution is 5.42. The van der Waals surface area contributed by atoms with Crippen LogP contribution in [0.5, 0.6) is 11.5 Å². The second-order valence-electron chi connectivity index (χ2n) is 6.63. The van der Waals surface area contributed by atoms with Gasteiger partial charge in [0.05, 0.1) is 33.5 Å². The average Bonchev–Trinajstić information content (AvgIpc) is 2.61. The van der Waals surface area contributed by atoms with Gasteiger partial charge in [0.15, 0.2) is 11.5 Å². The van der Waals surface area contributed by atoms with Crippen molar-refractivity contribution < 1.29 is 19.3 Å². The number of hydrogen-bond acceptors (Lipinski definition) is 5. The molecule has 1 aromatic rings. The van der Waals surface area contributed by atoms with Gasteiger partial charge in [0.2, 0.25) is 0 Å². The molecular formula is C19H31NO4. The highest BCUT2D eigenvalue weighted by Gasteiger charge is 2.21. The van der Waals surface area contributed by atoms with Crippen LogP contribution >= 0.6 is 0 Å². The first-order valence-electron chi connectivity index (χ1n) is 8.84. The van der Waals surface area contributed by atoms with E-state index in [-0.39, 0.29) is 0 Å². The fraction of sp³-hybridized carbons (Fsp3) is 0.684. The minimum absolute atomic E-state index is 0.322. The molecule has 136 valence electrons. The highest BCUT2D eigenvalue weighted by Crippen LogP contribution is 2.27. The summed E-state index contributed by atoms with van der Waals surface area (Å²) < 4.78 is 16.1. The summed E-state index contributed by atoms with van der Waals surface area (Å²) in [5, 5.41) is 13.6. The fourth-order valence-corrected chi connectivity index (χ4v) is 3.25. The van der Waals surface area contributed by atoms with E-state index in [1.165, 1.54) is 25.7 Å². The topological polar surface area (TPSA) is 60.0 Å². The molecule has 3 atom stereocenters. The molecule has 0 unspecified atom stereocenters. The van der Waals surface area contributed by atoms with Gasteiger partial charge >= 0.3 is 0 Å². The van der Waals surface area contributed by atoms with E-state index in [1.807, 2.05) is 18.2 Å². The summed E-state index contributed by atoms with van der Waals surface area (Å²) in [4.78, 5) is 0. The second-order valence-corrected chi connectivity index (χ2v) is 6.63. The first kappa shape index (κ1) is 19.0. The van der Waals surface area contributed by atoms with E-state index in [1.54, 1.807) is 14.2 Å². The number of aliphatic hydroxyl groups is 1. The average molecular weight is 337 g/mol. The van der Waals surface area contributed by atoms with Crippen molar-refractivity contribution in [2.75, 3.05) is 27.4 Å². The zero-order valence-electron chi connectivity index (χ0n) is 15.1. The molecule has 0 radical (unpaired) electrons. The van der Waals surface area contributed by atoms with Gasteiger partial charge in [-0.2, -0.15) is 0 Å². The van der Waals surface area contributed by atoms with Crippen LogP contribution in [0.1, 0.15) is 38.2 Å². The van der Waals surface area contributed by atoms with Crippen molar-refractivity contribution in [1.29, 1.82) is 0 Å². The van der Waals surface area contributed by atoms with Gasteiger partial charge in [-0.1, -0.05) is 25.8 Å². The Morgan fingerprint density at radius 3 is 2.62 bits per heavy atom. The Bertz CT molecular complexity index is 494. The molecule has 0 bridgehead atoms. The highest BCUT2D eigenvalue weighted by atomic mass is 16.5. The van der Waals surface area contributed by atoms with Gasteiger partial charge < -0.3 is 24.6 Å². The molecule has 2 rings (SSSR count). The van der Waals surface area contributed by atoms with Crippen molar-refractivity contribution in [3.8, 4) is 11.5 Å². The summed E-state index contributed by atoms with van der Waals surface area (Å²) in [5.41, 5.74) is 0.994. The maximum atomic E-state index is 10.1. The summed E-state index contributed by atoms with van der Waals surface area (Å²) in [6.07, 6.45) is 4.62. The Hall–Kier alpha value is -1.30. The normalized spacial score (nSPS) is 22.2. The zero-order chi connectivity index (χ0) is 17.4. The van der Waals surface area contributed by atoms with Crippen LogP contribution in [0.3, 0.4) is 0 Å². The molecule has 0 amide bonds. The van der Waals surface area contributed by atoms with Crippen LogP contribution < -0.4 is 14.8 Å². The first-order chi connectivity index (χ1) is 11.6. The third kappa shape index (κ3) is 5.65. The number of aliphatic hydroxyl groups excluding tert-OH is 1. The standard InChI is InChI=1S/C19H31NO4/c1-14-6-4-5-7-17(14)20-11-16(21)13-24-12-15-8-9-18(22-2)19(10-15)23-3/h8-10,14,16-17,20-21H,4-7,11-13H2,1-3H3/t14-,16-,17-/m1/s1. The van der Waals surface area contributed by atoms with Crippen molar-refractivity contribution in [2.24, 2.45) is 5.92 Å². The molecule has 1 aromatic carbocycles. The summed E-state index contributed by atoms with van der Waals surface area (Å²) in [5.74, 6) is 2.08. The monoisotopic (exact) mass is 337 g/mol. The first-order valence-corrected chi connectivity index (χ1v) is 8.84. The van der Waals surface area contributed by atoms with Crippen LogP contribution in [0.25, 0.3) is 0 Å². The van der Waals surface area contributed by atoms with E-state index in [0.29, 0.717) is 43.2 Å². The van der Waals surface area contributed by atoms with E-state index < -0.39 is 6.10 Å². The Kier molecular flexibility index (Phi) is 7.82.